The Kier molecular flexibility index (Phi) is 5.86. The molecule has 0 saturated heterocycles. The maximum Gasteiger partial charge on any atom is 0.241 e. The summed E-state index contributed by atoms with van der Waals surface area (Å²) in [6.45, 7) is 2.24. The minimum Gasteiger partial charge on any atom is -0.241 e. The van der Waals surface area contributed by atoms with Gasteiger partial charge in [0.25, 0.3) is 0 Å². The minimum atomic E-state index is -3.72. The van der Waals surface area contributed by atoms with E-state index < -0.39 is 15.8 Å². The fourth-order valence-corrected chi connectivity index (χ4v) is 5.27. The molecule has 0 unspecified atom stereocenters. The first-order chi connectivity index (χ1) is 12.3. The topological polar surface area (TPSA) is 59.1 Å². The number of benzene rings is 2. The molecule has 1 N–H and O–H groups in total. The van der Waals surface area contributed by atoms with Crippen molar-refractivity contribution in [1.29, 1.82) is 0 Å². The number of aryl methyl sites for hydroxylation is 1. The van der Waals surface area contributed by atoms with Crippen LogP contribution in [-0.2, 0) is 16.4 Å². The van der Waals surface area contributed by atoms with Gasteiger partial charge in [-0.1, -0.05) is 29.8 Å². The lowest BCUT2D eigenvalue weighted by Crippen LogP contribution is -2.26. The van der Waals surface area contributed by atoms with Crippen LogP contribution in [0.1, 0.15) is 11.3 Å². The van der Waals surface area contributed by atoms with E-state index in [0.29, 0.717) is 6.42 Å². The molecule has 0 radical (unpaired) electrons. The molecule has 0 fully saturated rings. The highest BCUT2D eigenvalue weighted by molar-refractivity contribution is 9.10. The van der Waals surface area contributed by atoms with Crippen LogP contribution in [0.2, 0.25) is 0 Å². The Bertz CT molecular complexity index is 1020. The average Bonchev–Trinajstić information content (AvgIpc) is 3.04. The second kappa shape index (κ2) is 7.96. The summed E-state index contributed by atoms with van der Waals surface area (Å²) in [5, 5.41) is 2.83. The van der Waals surface area contributed by atoms with Crippen molar-refractivity contribution in [2.24, 2.45) is 0 Å². The van der Waals surface area contributed by atoms with Gasteiger partial charge < -0.3 is 0 Å². The van der Waals surface area contributed by atoms with Gasteiger partial charge in [-0.25, -0.2) is 22.5 Å². The van der Waals surface area contributed by atoms with Crippen LogP contribution in [0.4, 0.5) is 4.39 Å². The minimum absolute atomic E-state index is 0.0116. The third-order valence-electron chi connectivity index (χ3n) is 3.71. The molecule has 3 rings (SSSR count). The van der Waals surface area contributed by atoms with Gasteiger partial charge in [0.05, 0.1) is 10.6 Å². The third-order valence-corrected chi connectivity index (χ3v) is 7.08. The van der Waals surface area contributed by atoms with Gasteiger partial charge in [-0.3, -0.25) is 0 Å². The first-order valence-electron chi connectivity index (χ1n) is 7.81. The highest BCUT2D eigenvalue weighted by atomic mass is 79.9. The lowest BCUT2D eigenvalue weighted by molar-refractivity contribution is 0.579. The summed E-state index contributed by atoms with van der Waals surface area (Å²) in [6, 6.07) is 11.6. The Morgan fingerprint density at radius 1 is 1.19 bits per heavy atom. The van der Waals surface area contributed by atoms with Crippen molar-refractivity contribution in [3.8, 4) is 10.6 Å². The van der Waals surface area contributed by atoms with Gasteiger partial charge in [0, 0.05) is 28.4 Å². The van der Waals surface area contributed by atoms with E-state index in [-0.39, 0.29) is 15.9 Å². The predicted molar refractivity (Wildman–Crippen MR) is 105 cm³/mol. The fraction of sp³-hybridized carbons (Fsp3) is 0.167. The predicted octanol–water partition coefficient (Wildman–Crippen LogP) is 4.54. The largest absolute Gasteiger partial charge is 0.241 e. The van der Waals surface area contributed by atoms with Crippen molar-refractivity contribution >= 4 is 37.3 Å². The molecule has 1 heterocycles. The molecule has 0 atom stereocenters. The van der Waals surface area contributed by atoms with Crippen LogP contribution in [0.15, 0.2) is 57.2 Å². The maximum atomic E-state index is 13.1. The molecule has 0 saturated carbocycles. The van der Waals surface area contributed by atoms with E-state index >= 15 is 0 Å². The van der Waals surface area contributed by atoms with E-state index in [1.165, 1.54) is 23.0 Å². The Morgan fingerprint density at radius 3 is 2.62 bits per heavy atom. The molecule has 2 aromatic carbocycles. The zero-order chi connectivity index (χ0) is 18.7. The number of hydrogen-bond donors (Lipinski definition) is 1. The van der Waals surface area contributed by atoms with Crippen molar-refractivity contribution < 1.29 is 12.8 Å². The van der Waals surface area contributed by atoms with E-state index in [4.69, 9.17) is 0 Å². The number of halogens is 2. The lowest BCUT2D eigenvalue weighted by Gasteiger charge is -2.08. The zero-order valence-electron chi connectivity index (χ0n) is 13.9. The van der Waals surface area contributed by atoms with Gasteiger partial charge >= 0.3 is 0 Å². The Morgan fingerprint density at radius 2 is 1.92 bits per heavy atom. The van der Waals surface area contributed by atoms with Gasteiger partial charge in [-0.05, 0) is 41.1 Å². The molecule has 0 spiro atoms. The van der Waals surface area contributed by atoms with Crippen molar-refractivity contribution in [2.75, 3.05) is 6.54 Å². The van der Waals surface area contributed by atoms with Gasteiger partial charge in [-0.15, -0.1) is 11.3 Å². The summed E-state index contributed by atoms with van der Waals surface area (Å²) in [4.78, 5) is 4.57. The van der Waals surface area contributed by atoms with E-state index in [0.717, 1.165) is 28.4 Å². The summed E-state index contributed by atoms with van der Waals surface area (Å²) in [5.74, 6) is -0.498. The standard InChI is InChI=1S/C18H16BrFN2O2S2/c1-12-2-4-13(5-3-12)18-22-15(11-25-18)8-9-21-26(23,24)17-7-6-14(20)10-16(17)19/h2-7,10-11,21H,8-9H2,1H3. The first-order valence-corrected chi connectivity index (χ1v) is 11.0. The van der Waals surface area contributed by atoms with Gasteiger partial charge in [-0.2, -0.15) is 0 Å². The lowest BCUT2D eigenvalue weighted by atomic mass is 10.2. The average molecular weight is 455 g/mol. The molecule has 26 heavy (non-hydrogen) atoms. The molecule has 0 amide bonds. The van der Waals surface area contributed by atoms with Crippen LogP contribution < -0.4 is 4.72 Å². The van der Waals surface area contributed by atoms with E-state index in [1.807, 2.05) is 36.6 Å². The zero-order valence-corrected chi connectivity index (χ0v) is 17.1. The van der Waals surface area contributed by atoms with Crippen molar-refractivity contribution in [2.45, 2.75) is 18.2 Å². The maximum absolute atomic E-state index is 13.1. The highest BCUT2D eigenvalue weighted by Gasteiger charge is 2.17. The summed E-state index contributed by atoms with van der Waals surface area (Å²) >= 11 is 4.61. The highest BCUT2D eigenvalue weighted by Crippen LogP contribution is 2.25. The number of nitrogens with one attached hydrogen (secondary N) is 1. The monoisotopic (exact) mass is 454 g/mol. The number of aromatic nitrogens is 1. The van der Waals surface area contributed by atoms with Crippen LogP contribution in [-0.4, -0.2) is 19.9 Å². The molecular weight excluding hydrogens is 439 g/mol. The molecule has 0 aliphatic rings. The van der Waals surface area contributed by atoms with E-state index in [9.17, 15) is 12.8 Å². The van der Waals surface area contributed by atoms with Crippen LogP contribution in [0.5, 0.6) is 0 Å². The summed E-state index contributed by atoms with van der Waals surface area (Å²) in [5.41, 5.74) is 3.06. The number of rotatable bonds is 6. The number of nitrogens with zero attached hydrogens (tertiary/aromatic N) is 1. The Balaban J connectivity index is 1.64. The molecule has 1 aromatic heterocycles. The Labute approximate surface area is 164 Å². The molecule has 0 bridgehead atoms. The summed E-state index contributed by atoms with van der Waals surface area (Å²) in [7, 11) is -3.72. The number of thiazole rings is 1. The molecule has 136 valence electrons. The Hall–Kier alpha value is -1.61. The smallest absolute Gasteiger partial charge is 0.241 e. The van der Waals surface area contributed by atoms with Gasteiger partial charge in [0.15, 0.2) is 0 Å². The number of sulfonamides is 1. The van der Waals surface area contributed by atoms with Gasteiger partial charge in [0.1, 0.15) is 10.8 Å². The van der Waals surface area contributed by atoms with Crippen LogP contribution in [0.3, 0.4) is 0 Å². The second-order valence-electron chi connectivity index (χ2n) is 5.73. The first kappa shape index (κ1) is 19.2. The molecule has 0 aliphatic heterocycles. The quantitative estimate of drug-likeness (QED) is 0.594. The fourth-order valence-electron chi connectivity index (χ4n) is 2.33. The normalized spacial score (nSPS) is 11.7. The third kappa shape index (κ3) is 4.56. The second-order valence-corrected chi connectivity index (χ2v) is 9.18. The van der Waals surface area contributed by atoms with Crippen molar-refractivity contribution in [1.82, 2.24) is 9.71 Å². The van der Waals surface area contributed by atoms with E-state index in [1.54, 1.807) is 0 Å². The molecule has 3 aromatic rings. The molecule has 4 nitrogen and oxygen atoms in total. The van der Waals surface area contributed by atoms with Crippen molar-refractivity contribution in [3.63, 3.8) is 0 Å². The van der Waals surface area contributed by atoms with E-state index in [2.05, 4.69) is 25.6 Å². The summed E-state index contributed by atoms with van der Waals surface area (Å²) in [6.07, 6.45) is 0.473. The summed E-state index contributed by atoms with van der Waals surface area (Å²) < 4.78 is 40.5. The van der Waals surface area contributed by atoms with Crippen molar-refractivity contribution in [3.05, 3.63) is 69.4 Å². The molecule has 8 heteroatoms. The van der Waals surface area contributed by atoms with Crippen LogP contribution >= 0.6 is 27.3 Å². The molecular formula is C18H16BrFN2O2S2. The van der Waals surface area contributed by atoms with Gasteiger partial charge in [0.2, 0.25) is 10.0 Å². The number of hydrogen-bond acceptors (Lipinski definition) is 4. The van der Waals surface area contributed by atoms with Crippen LogP contribution in [0.25, 0.3) is 10.6 Å². The molecule has 0 aliphatic carbocycles. The SMILES string of the molecule is Cc1ccc(-c2nc(CCNS(=O)(=O)c3ccc(F)cc3Br)cs2)cc1. The van der Waals surface area contributed by atoms with Crippen LogP contribution in [0, 0.1) is 12.7 Å².